The van der Waals surface area contributed by atoms with Crippen LogP contribution in [0.2, 0.25) is 5.02 Å². The molecule has 2 aromatic rings. The molecule has 2 aromatic carbocycles. The Morgan fingerprint density at radius 1 is 1.00 bits per heavy atom. The minimum atomic E-state index is -0.793. The fourth-order valence-electron chi connectivity index (χ4n) is 2.36. The zero-order valence-corrected chi connectivity index (χ0v) is 17.3. The molecule has 0 atom stereocenters. The first kappa shape index (κ1) is 23.0. The molecular weight excluding hydrogens is 408 g/mol. The third-order valence-electron chi connectivity index (χ3n) is 3.84. The second-order valence-electron chi connectivity index (χ2n) is 6.06. The van der Waals surface area contributed by atoms with Crippen LogP contribution in [0.5, 0.6) is 5.75 Å². The van der Waals surface area contributed by atoms with Crippen LogP contribution in [0.1, 0.15) is 29.3 Å². The van der Waals surface area contributed by atoms with Crippen molar-refractivity contribution in [3.63, 3.8) is 0 Å². The number of carbonyl (C=O) groups is 3. The SMILES string of the molecule is CCOC(=O)Oc1ccc(C(=O)NCCCNC(=O)/C=C/c2ccccc2Cl)cc1. The normalized spacial score (nSPS) is 10.5. The van der Waals surface area contributed by atoms with E-state index in [1.54, 1.807) is 31.2 Å². The topological polar surface area (TPSA) is 93.7 Å². The molecule has 0 aliphatic rings. The van der Waals surface area contributed by atoms with Gasteiger partial charge in [0.25, 0.3) is 5.91 Å². The smallest absolute Gasteiger partial charge is 0.434 e. The number of rotatable bonds is 9. The standard InChI is InChI=1S/C22H23ClN2O5/c1-2-29-22(28)30-18-11-8-17(9-12-18)21(27)25-15-5-14-24-20(26)13-10-16-6-3-4-7-19(16)23/h3-4,6-13H,2,5,14-15H2,1H3,(H,24,26)(H,25,27)/b13-10+. The van der Waals surface area contributed by atoms with Crippen molar-refractivity contribution in [2.24, 2.45) is 0 Å². The Morgan fingerprint density at radius 3 is 2.40 bits per heavy atom. The molecule has 2 amide bonds. The number of benzene rings is 2. The van der Waals surface area contributed by atoms with Crippen LogP contribution in [-0.2, 0) is 9.53 Å². The van der Waals surface area contributed by atoms with Gasteiger partial charge in [-0.05, 0) is 55.3 Å². The summed E-state index contributed by atoms with van der Waals surface area (Å²) in [6.45, 7) is 2.71. The highest BCUT2D eigenvalue weighted by atomic mass is 35.5. The van der Waals surface area contributed by atoms with Gasteiger partial charge in [-0.1, -0.05) is 29.8 Å². The summed E-state index contributed by atoms with van der Waals surface area (Å²) >= 11 is 6.03. The Labute approximate surface area is 180 Å². The van der Waals surface area contributed by atoms with E-state index in [1.807, 2.05) is 18.2 Å². The van der Waals surface area contributed by atoms with Crippen LogP contribution in [0, 0.1) is 0 Å². The van der Waals surface area contributed by atoms with Crippen LogP contribution in [-0.4, -0.2) is 37.7 Å². The number of ether oxygens (including phenoxy) is 2. The van der Waals surface area contributed by atoms with Crippen LogP contribution in [0.15, 0.2) is 54.6 Å². The van der Waals surface area contributed by atoms with Gasteiger partial charge in [0.2, 0.25) is 5.91 Å². The molecule has 0 spiro atoms. The van der Waals surface area contributed by atoms with Crippen molar-refractivity contribution in [2.45, 2.75) is 13.3 Å². The number of hydrogen-bond acceptors (Lipinski definition) is 5. The Morgan fingerprint density at radius 2 is 1.70 bits per heavy atom. The first-order valence-electron chi connectivity index (χ1n) is 9.43. The van der Waals surface area contributed by atoms with Crippen molar-refractivity contribution in [2.75, 3.05) is 19.7 Å². The van der Waals surface area contributed by atoms with Gasteiger partial charge in [0.05, 0.1) is 6.61 Å². The molecule has 0 unspecified atom stereocenters. The van der Waals surface area contributed by atoms with Gasteiger partial charge in [0.15, 0.2) is 0 Å². The molecule has 0 aromatic heterocycles. The lowest BCUT2D eigenvalue weighted by Crippen LogP contribution is -2.29. The van der Waals surface area contributed by atoms with Crippen LogP contribution >= 0.6 is 11.6 Å². The minimum absolute atomic E-state index is 0.220. The molecule has 8 heteroatoms. The summed E-state index contributed by atoms with van der Waals surface area (Å²) in [7, 11) is 0. The number of nitrogens with one attached hydrogen (secondary N) is 2. The highest BCUT2D eigenvalue weighted by Crippen LogP contribution is 2.16. The summed E-state index contributed by atoms with van der Waals surface area (Å²) in [6, 6.07) is 13.3. The van der Waals surface area contributed by atoms with Crippen molar-refractivity contribution in [1.29, 1.82) is 0 Å². The summed E-state index contributed by atoms with van der Waals surface area (Å²) in [4.78, 5) is 35.2. The summed E-state index contributed by atoms with van der Waals surface area (Å²) in [5.74, 6) is -0.210. The number of amides is 2. The van der Waals surface area contributed by atoms with E-state index in [-0.39, 0.29) is 24.2 Å². The molecular formula is C22H23ClN2O5. The lowest BCUT2D eigenvalue weighted by Gasteiger charge is -2.07. The van der Waals surface area contributed by atoms with E-state index < -0.39 is 6.16 Å². The predicted octanol–water partition coefficient (Wildman–Crippen LogP) is 3.82. The Bertz CT molecular complexity index is 897. The third kappa shape index (κ3) is 7.97. The van der Waals surface area contributed by atoms with Gasteiger partial charge in [-0.15, -0.1) is 0 Å². The molecule has 0 saturated carbocycles. The molecule has 0 heterocycles. The zero-order valence-electron chi connectivity index (χ0n) is 16.5. The molecule has 0 fully saturated rings. The average molecular weight is 431 g/mol. The highest BCUT2D eigenvalue weighted by Gasteiger charge is 2.08. The predicted molar refractivity (Wildman–Crippen MR) is 115 cm³/mol. The number of halogens is 1. The van der Waals surface area contributed by atoms with Gasteiger partial charge in [-0.3, -0.25) is 9.59 Å². The Kier molecular flexibility index (Phi) is 9.40. The van der Waals surface area contributed by atoms with Crippen molar-refractivity contribution >= 4 is 35.6 Å². The molecule has 0 aliphatic heterocycles. The average Bonchev–Trinajstić information content (AvgIpc) is 2.73. The van der Waals surface area contributed by atoms with E-state index >= 15 is 0 Å². The van der Waals surface area contributed by atoms with Gasteiger partial charge < -0.3 is 20.1 Å². The van der Waals surface area contributed by atoms with Crippen molar-refractivity contribution in [3.05, 3.63) is 70.8 Å². The maximum Gasteiger partial charge on any atom is 0.513 e. The second kappa shape index (κ2) is 12.3. The molecule has 7 nitrogen and oxygen atoms in total. The summed E-state index contributed by atoms with van der Waals surface area (Å²) in [5, 5.41) is 6.08. The van der Waals surface area contributed by atoms with Gasteiger partial charge in [-0.2, -0.15) is 0 Å². The molecule has 158 valence electrons. The summed E-state index contributed by atoms with van der Waals surface area (Å²) < 4.78 is 9.61. The van der Waals surface area contributed by atoms with E-state index in [2.05, 4.69) is 15.4 Å². The van der Waals surface area contributed by atoms with Crippen LogP contribution in [0.25, 0.3) is 6.08 Å². The van der Waals surface area contributed by atoms with E-state index in [0.717, 1.165) is 5.56 Å². The summed E-state index contributed by atoms with van der Waals surface area (Å²) in [5.41, 5.74) is 1.19. The van der Waals surface area contributed by atoms with Crippen molar-refractivity contribution in [3.8, 4) is 5.75 Å². The zero-order chi connectivity index (χ0) is 21.8. The second-order valence-corrected chi connectivity index (χ2v) is 6.47. The van der Waals surface area contributed by atoms with Gasteiger partial charge in [0.1, 0.15) is 5.75 Å². The molecule has 0 radical (unpaired) electrons. The molecule has 2 N–H and O–H groups in total. The van der Waals surface area contributed by atoms with Crippen LogP contribution in [0.4, 0.5) is 4.79 Å². The van der Waals surface area contributed by atoms with Crippen molar-refractivity contribution in [1.82, 2.24) is 10.6 Å². The molecule has 0 bridgehead atoms. The molecule has 2 rings (SSSR count). The first-order valence-corrected chi connectivity index (χ1v) is 9.80. The van der Waals surface area contributed by atoms with Gasteiger partial charge in [0, 0.05) is 29.8 Å². The fraction of sp³-hybridized carbons (Fsp3) is 0.227. The van der Waals surface area contributed by atoms with Crippen molar-refractivity contribution < 1.29 is 23.9 Å². The minimum Gasteiger partial charge on any atom is -0.434 e. The molecule has 0 saturated heterocycles. The summed E-state index contributed by atoms with van der Waals surface area (Å²) in [6.07, 6.45) is 2.84. The van der Waals surface area contributed by atoms with Crippen LogP contribution in [0.3, 0.4) is 0 Å². The molecule has 30 heavy (non-hydrogen) atoms. The first-order chi connectivity index (χ1) is 14.5. The number of carbonyl (C=O) groups excluding carboxylic acids is 3. The number of hydrogen-bond donors (Lipinski definition) is 2. The van der Waals surface area contributed by atoms with E-state index in [0.29, 0.717) is 30.1 Å². The lowest BCUT2D eigenvalue weighted by molar-refractivity contribution is -0.116. The Balaban J connectivity index is 1.66. The third-order valence-corrected chi connectivity index (χ3v) is 4.18. The Hall–Kier alpha value is -3.32. The maximum absolute atomic E-state index is 12.1. The maximum atomic E-state index is 12.1. The fourth-order valence-corrected chi connectivity index (χ4v) is 2.56. The monoisotopic (exact) mass is 430 g/mol. The van der Waals surface area contributed by atoms with E-state index in [4.69, 9.17) is 16.3 Å². The van der Waals surface area contributed by atoms with Gasteiger partial charge >= 0.3 is 6.16 Å². The van der Waals surface area contributed by atoms with Gasteiger partial charge in [-0.25, -0.2) is 4.79 Å². The lowest BCUT2D eigenvalue weighted by atomic mass is 10.2. The largest absolute Gasteiger partial charge is 0.513 e. The van der Waals surface area contributed by atoms with E-state index in [1.165, 1.54) is 18.2 Å². The quantitative estimate of drug-likeness (QED) is 0.273. The van der Waals surface area contributed by atoms with Crippen LogP contribution < -0.4 is 15.4 Å². The van der Waals surface area contributed by atoms with E-state index in [9.17, 15) is 14.4 Å². The highest BCUT2D eigenvalue weighted by molar-refractivity contribution is 6.32. The molecule has 0 aliphatic carbocycles.